The van der Waals surface area contributed by atoms with Gasteiger partial charge in [0, 0.05) is 0 Å². The van der Waals surface area contributed by atoms with Crippen molar-refractivity contribution in [2.75, 3.05) is 5.32 Å². The Morgan fingerprint density at radius 1 is 1.37 bits per heavy atom. The Balaban J connectivity index is 2.63. The first-order chi connectivity index (χ1) is 8.70. The molecule has 3 N–H and O–H groups in total. The van der Waals surface area contributed by atoms with Crippen molar-refractivity contribution in [1.82, 2.24) is 10.3 Å². The molecule has 1 atom stereocenters. The standard InChI is InChI=1S/C10H10F3N3O3/c1-5(8(17)18)15-9(19)16-6-2-3-7(14-4-6)10(11,12)13/h2-5H,1H3,(H,17,18)(H2,15,16,19). The van der Waals surface area contributed by atoms with Gasteiger partial charge in [0.15, 0.2) is 0 Å². The number of rotatable bonds is 3. The van der Waals surface area contributed by atoms with Gasteiger partial charge < -0.3 is 15.7 Å². The van der Waals surface area contributed by atoms with Crippen LogP contribution in [0, 0.1) is 0 Å². The van der Waals surface area contributed by atoms with Crippen molar-refractivity contribution in [3.05, 3.63) is 24.0 Å². The van der Waals surface area contributed by atoms with Gasteiger partial charge in [0.05, 0.1) is 11.9 Å². The Labute approximate surface area is 105 Å². The second-order valence-electron chi connectivity index (χ2n) is 3.59. The lowest BCUT2D eigenvalue weighted by Gasteiger charge is -2.11. The molecule has 6 nitrogen and oxygen atoms in total. The molecule has 1 aromatic rings. The summed E-state index contributed by atoms with van der Waals surface area (Å²) in [7, 11) is 0. The summed E-state index contributed by atoms with van der Waals surface area (Å²) in [5.74, 6) is -1.24. The third kappa shape index (κ3) is 4.45. The number of hydrogen-bond donors (Lipinski definition) is 3. The van der Waals surface area contributed by atoms with E-state index in [4.69, 9.17) is 5.11 Å². The van der Waals surface area contributed by atoms with Crippen LogP contribution in [0.25, 0.3) is 0 Å². The fourth-order valence-electron chi connectivity index (χ4n) is 1.06. The van der Waals surface area contributed by atoms with Gasteiger partial charge in [0.2, 0.25) is 0 Å². The van der Waals surface area contributed by atoms with E-state index in [1.165, 1.54) is 6.92 Å². The number of carbonyl (C=O) groups excluding carboxylic acids is 1. The van der Waals surface area contributed by atoms with Gasteiger partial charge in [-0.05, 0) is 19.1 Å². The first-order valence-corrected chi connectivity index (χ1v) is 5.03. The Kier molecular flexibility index (Phi) is 4.30. The minimum Gasteiger partial charge on any atom is -0.480 e. The molecule has 0 fully saturated rings. The molecule has 0 aliphatic rings. The predicted octanol–water partition coefficient (Wildman–Crippen LogP) is 1.69. The van der Waals surface area contributed by atoms with Crippen LogP contribution in [0.5, 0.6) is 0 Å². The van der Waals surface area contributed by atoms with E-state index < -0.39 is 29.9 Å². The Morgan fingerprint density at radius 3 is 2.42 bits per heavy atom. The van der Waals surface area contributed by atoms with E-state index in [1.54, 1.807) is 0 Å². The molecule has 0 aromatic carbocycles. The van der Waals surface area contributed by atoms with Gasteiger partial charge in [-0.25, -0.2) is 9.78 Å². The first-order valence-electron chi connectivity index (χ1n) is 5.03. The fraction of sp³-hybridized carbons (Fsp3) is 0.300. The monoisotopic (exact) mass is 277 g/mol. The lowest BCUT2D eigenvalue weighted by Crippen LogP contribution is -2.40. The van der Waals surface area contributed by atoms with Crippen molar-refractivity contribution in [1.29, 1.82) is 0 Å². The highest BCUT2D eigenvalue weighted by molar-refractivity contribution is 5.91. The van der Waals surface area contributed by atoms with Gasteiger partial charge >= 0.3 is 18.2 Å². The summed E-state index contributed by atoms with van der Waals surface area (Å²) in [6.07, 6.45) is -3.73. The summed E-state index contributed by atoms with van der Waals surface area (Å²) in [5, 5.41) is 12.8. The number of anilines is 1. The van der Waals surface area contributed by atoms with Crippen molar-refractivity contribution >= 4 is 17.7 Å². The maximum absolute atomic E-state index is 12.2. The van der Waals surface area contributed by atoms with Crippen LogP contribution in [0.15, 0.2) is 18.3 Å². The van der Waals surface area contributed by atoms with E-state index in [0.29, 0.717) is 6.07 Å². The number of pyridine rings is 1. The molecular formula is C10H10F3N3O3. The molecule has 9 heteroatoms. The second kappa shape index (κ2) is 5.55. The smallest absolute Gasteiger partial charge is 0.433 e. The fourth-order valence-corrected chi connectivity index (χ4v) is 1.06. The van der Waals surface area contributed by atoms with Gasteiger partial charge in [-0.15, -0.1) is 0 Å². The van der Waals surface area contributed by atoms with Gasteiger partial charge in [0.25, 0.3) is 0 Å². The maximum Gasteiger partial charge on any atom is 0.433 e. The first kappa shape index (κ1) is 14.7. The normalized spacial score (nSPS) is 12.6. The molecule has 0 bridgehead atoms. The molecular weight excluding hydrogens is 267 g/mol. The summed E-state index contributed by atoms with van der Waals surface area (Å²) in [6.45, 7) is 1.24. The highest BCUT2D eigenvalue weighted by atomic mass is 19.4. The maximum atomic E-state index is 12.2. The third-order valence-electron chi connectivity index (χ3n) is 2.03. The minimum atomic E-state index is -4.56. The number of urea groups is 1. The molecule has 19 heavy (non-hydrogen) atoms. The molecule has 0 aliphatic carbocycles. The van der Waals surface area contributed by atoms with Crippen LogP contribution in [0.1, 0.15) is 12.6 Å². The molecule has 2 amide bonds. The summed E-state index contributed by atoms with van der Waals surface area (Å²) in [5.41, 5.74) is -1.07. The molecule has 0 aliphatic heterocycles. The molecule has 1 aromatic heterocycles. The number of hydrogen-bond acceptors (Lipinski definition) is 3. The van der Waals surface area contributed by atoms with Crippen molar-refractivity contribution in [3.8, 4) is 0 Å². The van der Waals surface area contributed by atoms with Crippen LogP contribution in [0.4, 0.5) is 23.7 Å². The average Bonchev–Trinajstić information content (AvgIpc) is 2.28. The third-order valence-corrected chi connectivity index (χ3v) is 2.03. The highest BCUT2D eigenvalue weighted by Gasteiger charge is 2.32. The molecule has 0 spiro atoms. The molecule has 0 radical (unpaired) electrons. The van der Waals surface area contributed by atoms with Crippen LogP contribution in [-0.2, 0) is 11.0 Å². The van der Waals surface area contributed by atoms with E-state index in [-0.39, 0.29) is 5.69 Å². The van der Waals surface area contributed by atoms with E-state index >= 15 is 0 Å². The summed E-state index contributed by atoms with van der Waals surface area (Å²) < 4.78 is 36.6. The van der Waals surface area contributed by atoms with Crippen molar-refractivity contribution in [3.63, 3.8) is 0 Å². The predicted molar refractivity (Wildman–Crippen MR) is 58.5 cm³/mol. The van der Waals surface area contributed by atoms with Gasteiger partial charge in [-0.1, -0.05) is 0 Å². The van der Waals surface area contributed by atoms with Crippen LogP contribution in [-0.4, -0.2) is 28.1 Å². The molecule has 1 unspecified atom stereocenters. The number of aliphatic carboxylic acids is 1. The topological polar surface area (TPSA) is 91.3 Å². The number of amides is 2. The number of carboxylic acids is 1. The lowest BCUT2D eigenvalue weighted by molar-refractivity contribution is -0.141. The van der Waals surface area contributed by atoms with Crippen LogP contribution >= 0.6 is 0 Å². The van der Waals surface area contributed by atoms with E-state index in [9.17, 15) is 22.8 Å². The number of halogens is 3. The highest BCUT2D eigenvalue weighted by Crippen LogP contribution is 2.27. The van der Waals surface area contributed by atoms with Gasteiger partial charge in [0.1, 0.15) is 11.7 Å². The van der Waals surface area contributed by atoms with Crippen LogP contribution in [0.3, 0.4) is 0 Å². The second-order valence-corrected chi connectivity index (χ2v) is 3.59. The van der Waals surface area contributed by atoms with E-state index in [1.807, 2.05) is 0 Å². The zero-order valence-electron chi connectivity index (χ0n) is 9.65. The number of alkyl halides is 3. The minimum absolute atomic E-state index is 0.0167. The number of carboxylic acid groups (broad SMARTS) is 1. The number of aromatic nitrogens is 1. The van der Waals surface area contributed by atoms with Crippen molar-refractivity contribution < 1.29 is 27.9 Å². The number of nitrogens with zero attached hydrogens (tertiary/aromatic N) is 1. The summed E-state index contributed by atoms with van der Waals surface area (Å²) >= 11 is 0. The lowest BCUT2D eigenvalue weighted by atomic mass is 10.3. The average molecular weight is 277 g/mol. The zero-order chi connectivity index (χ0) is 14.6. The Bertz CT molecular complexity index is 473. The SMILES string of the molecule is CC(NC(=O)Nc1ccc(C(F)(F)F)nc1)C(=O)O. The van der Waals surface area contributed by atoms with Crippen molar-refractivity contribution in [2.45, 2.75) is 19.1 Å². The number of nitrogens with one attached hydrogen (secondary N) is 2. The molecule has 1 rings (SSSR count). The quantitative estimate of drug-likeness (QED) is 0.784. The Hall–Kier alpha value is -2.32. The van der Waals surface area contributed by atoms with Gasteiger partial charge in [-0.2, -0.15) is 13.2 Å². The summed E-state index contributed by atoms with van der Waals surface area (Å²) in [6, 6.07) is -0.254. The van der Waals surface area contributed by atoms with Gasteiger partial charge in [-0.3, -0.25) is 4.79 Å². The number of carbonyl (C=O) groups is 2. The molecule has 1 heterocycles. The largest absolute Gasteiger partial charge is 0.480 e. The molecule has 0 saturated heterocycles. The van der Waals surface area contributed by atoms with Crippen molar-refractivity contribution in [2.24, 2.45) is 0 Å². The molecule has 0 saturated carbocycles. The molecule has 104 valence electrons. The van der Waals surface area contributed by atoms with E-state index in [0.717, 1.165) is 12.3 Å². The van der Waals surface area contributed by atoms with E-state index in [2.05, 4.69) is 15.6 Å². The summed E-state index contributed by atoms with van der Waals surface area (Å²) in [4.78, 5) is 24.9. The van der Waals surface area contributed by atoms with Crippen LogP contribution in [0.2, 0.25) is 0 Å². The van der Waals surface area contributed by atoms with Crippen LogP contribution < -0.4 is 10.6 Å². The zero-order valence-corrected chi connectivity index (χ0v) is 9.65. The Morgan fingerprint density at radius 2 is 2.00 bits per heavy atom.